The molecule has 0 aliphatic carbocycles. The molecule has 0 aromatic heterocycles. The van der Waals surface area contributed by atoms with Crippen LogP contribution < -0.4 is 4.74 Å². The van der Waals surface area contributed by atoms with Gasteiger partial charge >= 0.3 is 0 Å². The van der Waals surface area contributed by atoms with E-state index in [1.54, 1.807) is 13.2 Å². The van der Waals surface area contributed by atoms with Crippen LogP contribution >= 0.6 is 0 Å². The lowest BCUT2D eigenvalue weighted by Crippen LogP contribution is -1.83. The van der Waals surface area contributed by atoms with E-state index in [4.69, 9.17) is 10.3 Å². The van der Waals surface area contributed by atoms with Crippen molar-refractivity contribution in [3.63, 3.8) is 0 Å². The molecule has 4 heteroatoms. The predicted molar refractivity (Wildman–Crippen MR) is 55.8 cm³/mol. The van der Waals surface area contributed by atoms with Crippen molar-refractivity contribution < 1.29 is 4.74 Å². The van der Waals surface area contributed by atoms with E-state index in [-0.39, 0.29) is 0 Å². The molecule has 0 aliphatic heterocycles. The molecule has 0 fully saturated rings. The van der Waals surface area contributed by atoms with E-state index < -0.39 is 0 Å². The van der Waals surface area contributed by atoms with E-state index in [1.807, 2.05) is 31.2 Å². The fourth-order valence-corrected chi connectivity index (χ4v) is 1.09. The minimum atomic E-state index is 0.621. The second-order valence-corrected chi connectivity index (χ2v) is 2.59. The Morgan fingerprint density at radius 2 is 2.07 bits per heavy atom. The Labute approximate surface area is 82.4 Å². The quantitative estimate of drug-likeness (QED) is 0.408. The number of hydrogen-bond donors (Lipinski definition) is 0. The average molecular weight is 189 g/mol. The zero-order valence-electron chi connectivity index (χ0n) is 8.14. The van der Waals surface area contributed by atoms with Crippen LogP contribution in [0.5, 0.6) is 5.75 Å². The summed E-state index contributed by atoms with van der Waals surface area (Å²) in [6, 6.07) is 7.35. The summed E-state index contributed by atoms with van der Waals surface area (Å²) in [5.41, 5.74) is 9.82. The summed E-state index contributed by atoms with van der Waals surface area (Å²) in [6.45, 7) is 1.83. The normalized spacial score (nSPS) is 10.6. The summed E-state index contributed by atoms with van der Waals surface area (Å²) in [6.07, 6.45) is 1.77. The van der Waals surface area contributed by atoms with Crippen LogP contribution in [0.3, 0.4) is 0 Å². The zero-order valence-corrected chi connectivity index (χ0v) is 8.14. The Kier molecular flexibility index (Phi) is 3.58. The van der Waals surface area contributed by atoms with Crippen LogP contribution in [0.4, 0.5) is 0 Å². The molecular formula is C10H11N3O. The molecule has 1 aromatic rings. The summed E-state index contributed by atoms with van der Waals surface area (Å²) >= 11 is 0. The molecule has 4 nitrogen and oxygen atoms in total. The number of rotatable bonds is 3. The monoisotopic (exact) mass is 189 g/mol. The third-order valence-corrected chi connectivity index (χ3v) is 1.81. The third kappa shape index (κ3) is 2.28. The summed E-state index contributed by atoms with van der Waals surface area (Å²) in [5, 5.41) is 3.57. The van der Waals surface area contributed by atoms with Gasteiger partial charge in [-0.1, -0.05) is 23.3 Å². The van der Waals surface area contributed by atoms with Crippen molar-refractivity contribution in [3.8, 4) is 5.75 Å². The molecule has 0 atom stereocenters. The van der Waals surface area contributed by atoms with Gasteiger partial charge in [0.05, 0.1) is 7.11 Å². The van der Waals surface area contributed by atoms with Gasteiger partial charge in [-0.05, 0) is 30.2 Å². The highest BCUT2D eigenvalue weighted by Gasteiger charge is 1.97. The highest BCUT2D eigenvalue weighted by atomic mass is 16.5. The number of benzene rings is 1. The van der Waals surface area contributed by atoms with Crippen molar-refractivity contribution >= 4 is 5.70 Å². The Morgan fingerprint density at radius 1 is 1.43 bits per heavy atom. The number of azide groups is 1. The Balaban J connectivity index is 3.01. The van der Waals surface area contributed by atoms with Crippen LogP contribution in [0.15, 0.2) is 35.5 Å². The number of allylic oxidation sites excluding steroid dienone is 1. The van der Waals surface area contributed by atoms with E-state index in [0.717, 1.165) is 11.3 Å². The van der Waals surface area contributed by atoms with Crippen molar-refractivity contribution in [2.24, 2.45) is 5.11 Å². The second kappa shape index (κ2) is 4.94. The van der Waals surface area contributed by atoms with Gasteiger partial charge < -0.3 is 4.74 Å². The van der Waals surface area contributed by atoms with Crippen molar-refractivity contribution in [1.82, 2.24) is 0 Å². The van der Waals surface area contributed by atoms with Gasteiger partial charge in [0.1, 0.15) is 5.75 Å². The van der Waals surface area contributed by atoms with Gasteiger partial charge in [-0.3, -0.25) is 0 Å². The average Bonchev–Trinajstić information content (AvgIpc) is 2.26. The molecule has 0 saturated heterocycles. The summed E-state index contributed by atoms with van der Waals surface area (Å²) in [4.78, 5) is 2.75. The van der Waals surface area contributed by atoms with Crippen LogP contribution in [0, 0.1) is 0 Å². The summed E-state index contributed by atoms with van der Waals surface area (Å²) < 4.78 is 5.02. The Bertz CT molecular complexity index is 375. The highest BCUT2D eigenvalue weighted by molar-refractivity contribution is 5.64. The highest BCUT2D eigenvalue weighted by Crippen LogP contribution is 2.19. The fourth-order valence-electron chi connectivity index (χ4n) is 1.09. The first-order chi connectivity index (χ1) is 6.81. The Hall–Kier alpha value is -1.93. The van der Waals surface area contributed by atoms with E-state index in [2.05, 4.69) is 10.0 Å². The van der Waals surface area contributed by atoms with Crippen molar-refractivity contribution in [1.29, 1.82) is 0 Å². The van der Waals surface area contributed by atoms with Gasteiger partial charge in [0.25, 0.3) is 0 Å². The van der Waals surface area contributed by atoms with E-state index in [1.165, 1.54) is 0 Å². The molecule has 0 radical (unpaired) electrons. The largest absolute Gasteiger partial charge is 0.497 e. The van der Waals surface area contributed by atoms with Crippen molar-refractivity contribution in [2.75, 3.05) is 7.11 Å². The number of methoxy groups -OCH3 is 1. The molecule has 0 bridgehead atoms. The first-order valence-electron chi connectivity index (χ1n) is 4.17. The summed E-state index contributed by atoms with van der Waals surface area (Å²) in [7, 11) is 1.61. The molecule has 1 aromatic carbocycles. The minimum absolute atomic E-state index is 0.621. The fraction of sp³-hybridized carbons (Fsp3) is 0.200. The number of hydrogen-bond acceptors (Lipinski definition) is 2. The molecular weight excluding hydrogens is 178 g/mol. The third-order valence-electron chi connectivity index (χ3n) is 1.81. The van der Waals surface area contributed by atoms with E-state index >= 15 is 0 Å². The molecule has 0 aliphatic rings. The van der Waals surface area contributed by atoms with Gasteiger partial charge in [0, 0.05) is 10.6 Å². The predicted octanol–water partition coefficient (Wildman–Crippen LogP) is 3.37. The summed E-state index contributed by atoms with van der Waals surface area (Å²) in [5.74, 6) is 0.783. The standard InChI is InChI=1S/C10H11N3O/c1-3-10(12-13-11)8-4-6-9(14-2)7-5-8/h3-7H,1-2H3/b10-3-. The lowest BCUT2D eigenvalue weighted by Gasteiger charge is -2.02. The van der Waals surface area contributed by atoms with Crippen LogP contribution in [0.2, 0.25) is 0 Å². The van der Waals surface area contributed by atoms with E-state index in [0.29, 0.717) is 5.70 Å². The lowest BCUT2D eigenvalue weighted by molar-refractivity contribution is 0.415. The Morgan fingerprint density at radius 3 is 2.50 bits per heavy atom. The maximum absolute atomic E-state index is 8.32. The van der Waals surface area contributed by atoms with Crippen molar-refractivity contribution in [3.05, 3.63) is 46.3 Å². The lowest BCUT2D eigenvalue weighted by atomic mass is 10.1. The van der Waals surface area contributed by atoms with Gasteiger partial charge in [-0.15, -0.1) is 0 Å². The molecule has 72 valence electrons. The van der Waals surface area contributed by atoms with E-state index in [9.17, 15) is 0 Å². The molecule has 0 heterocycles. The van der Waals surface area contributed by atoms with Crippen LogP contribution in [-0.2, 0) is 0 Å². The zero-order chi connectivity index (χ0) is 10.4. The SMILES string of the molecule is C/C=C(\N=[N+]=[N-])c1ccc(OC)cc1. The molecule has 0 saturated carbocycles. The minimum Gasteiger partial charge on any atom is -0.497 e. The maximum Gasteiger partial charge on any atom is 0.118 e. The first kappa shape index (κ1) is 10.2. The topological polar surface area (TPSA) is 58.0 Å². The first-order valence-corrected chi connectivity index (χ1v) is 4.17. The van der Waals surface area contributed by atoms with Gasteiger partial charge in [0.15, 0.2) is 0 Å². The van der Waals surface area contributed by atoms with Gasteiger partial charge in [-0.2, -0.15) is 0 Å². The van der Waals surface area contributed by atoms with Gasteiger partial charge in [0.2, 0.25) is 0 Å². The molecule has 0 unspecified atom stereocenters. The van der Waals surface area contributed by atoms with Crippen LogP contribution in [0.1, 0.15) is 12.5 Å². The van der Waals surface area contributed by atoms with Crippen molar-refractivity contribution in [2.45, 2.75) is 6.92 Å². The second-order valence-electron chi connectivity index (χ2n) is 2.59. The number of nitrogens with zero attached hydrogens (tertiary/aromatic N) is 3. The maximum atomic E-state index is 8.32. The van der Waals surface area contributed by atoms with Gasteiger partial charge in [-0.25, -0.2) is 0 Å². The molecule has 1 rings (SSSR count). The smallest absolute Gasteiger partial charge is 0.118 e. The number of ether oxygens (including phenoxy) is 1. The molecule has 0 amide bonds. The van der Waals surface area contributed by atoms with Crippen LogP contribution in [0.25, 0.3) is 16.1 Å². The molecule has 14 heavy (non-hydrogen) atoms. The van der Waals surface area contributed by atoms with Crippen LogP contribution in [-0.4, -0.2) is 7.11 Å². The molecule has 0 spiro atoms. The molecule has 0 N–H and O–H groups in total.